The lowest BCUT2D eigenvalue weighted by Gasteiger charge is -2.09. The summed E-state index contributed by atoms with van der Waals surface area (Å²) >= 11 is 0. The lowest BCUT2D eigenvalue weighted by atomic mass is 10.6. The molecule has 0 atom stereocenters. The van der Waals surface area contributed by atoms with Crippen LogP contribution in [0.5, 0.6) is 0 Å². The summed E-state index contributed by atoms with van der Waals surface area (Å²) in [5.41, 5.74) is 16.1. The number of rotatable bonds is 18. The Kier molecular flexibility index (Phi) is 19.0. The zero-order chi connectivity index (χ0) is 19.1. The Morgan fingerprint density at radius 1 is 0.692 bits per heavy atom. The largest absolute Gasteiger partial charge is 0.379 e. The van der Waals surface area contributed by atoms with Crippen LogP contribution in [0.2, 0.25) is 0 Å². The molecule has 0 aromatic heterocycles. The Balaban J connectivity index is 3.20. The second kappa shape index (κ2) is 20.8. The summed E-state index contributed by atoms with van der Waals surface area (Å²) in [6.07, 6.45) is 0. The summed E-state index contributed by atoms with van der Waals surface area (Å²) in [7, 11) is 0. The van der Waals surface area contributed by atoms with E-state index < -0.39 is 0 Å². The second-order valence-corrected chi connectivity index (χ2v) is 4.54. The van der Waals surface area contributed by atoms with Crippen molar-refractivity contribution in [2.24, 2.45) is 10.2 Å². The van der Waals surface area contributed by atoms with E-state index in [1.54, 1.807) is 0 Å². The van der Waals surface area contributed by atoms with Gasteiger partial charge in [0.1, 0.15) is 0 Å². The smallest absolute Gasteiger partial charge is 0.314 e. The predicted octanol–water partition coefficient (Wildman–Crippen LogP) is 0.973. The number of nitrogens with one attached hydrogen (secondary N) is 2. The molecule has 0 aliphatic rings. The summed E-state index contributed by atoms with van der Waals surface area (Å²) < 4.78 is 20.8. The molecule has 0 bridgehead atoms. The van der Waals surface area contributed by atoms with E-state index in [1.807, 2.05) is 0 Å². The second-order valence-electron chi connectivity index (χ2n) is 4.54. The Morgan fingerprint density at radius 2 is 1.08 bits per heavy atom. The molecule has 26 heavy (non-hydrogen) atoms. The standard InChI is InChI=1S/C13H26N8O5/c14-20-18-3-7-25-11-9-23-5-1-16-13(22)17-2-6-24-10-12-26-8-4-19-21-15/h1-12H2,(H2,16,17,22). The van der Waals surface area contributed by atoms with Crippen molar-refractivity contribution in [2.45, 2.75) is 0 Å². The van der Waals surface area contributed by atoms with E-state index in [0.717, 1.165) is 0 Å². The van der Waals surface area contributed by atoms with Gasteiger partial charge in [0.25, 0.3) is 0 Å². The third-order valence-corrected chi connectivity index (χ3v) is 2.61. The summed E-state index contributed by atoms with van der Waals surface area (Å²) in [6, 6.07) is -0.298. The molecule has 0 aromatic carbocycles. The van der Waals surface area contributed by atoms with Gasteiger partial charge < -0.3 is 29.6 Å². The van der Waals surface area contributed by atoms with Gasteiger partial charge in [-0.05, 0) is 11.1 Å². The molecular weight excluding hydrogens is 348 g/mol. The molecule has 0 fully saturated rings. The minimum atomic E-state index is -0.298. The molecule has 13 heteroatoms. The number of azide groups is 2. The van der Waals surface area contributed by atoms with E-state index in [1.165, 1.54) is 0 Å². The van der Waals surface area contributed by atoms with Crippen LogP contribution in [0, 0.1) is 0 Å². The SMILES string of the molecule is [N-]=[N+]=NCCOCCOCCNC(=O)NCCOCCOCCN=[N+]=[N-]. The van der Waals surface area contributed by atoms with Crippen molar-refractivity contribution in [1.82, 2.24) is 10.6 Å². The topological polar surface area (TPSA) is 176 Å². The van der Waals surface area contributed by atoms with E-state index in [4.69, 9.17) is 30.0 Å². The van der Waals surface area contributed by atoms with Crippen molar-refractivity contribution in [3.05, 3.63) is 20.9 Å². The zero-order valence-corrected chi connectivity index (χ0v) is 14.7. The molecule has 0 heterocycles. The van der Waals surface area contributed by atoms with E-state index in [2.05, 4.69) is 30.7 Å². The average Bonchev–Trinajstić information content (AvgIpc) is 2.64. The van der Waals surface area contributed by atoms with E-state index in [9.17, 15) is 4.79 Å². The van der Waals surface area contributed by atoms with Gasteiger partial charge in [0, 0.05) is 36.0 Å². The number of urea groups is 1. The summed E-state index contributed by atoms with van der Waals surface area (Å²) in [5.74, 6) is 0. The van der Waals surface area contributed by atoms with Crippen LogP contribution >= 0.6 is 0 Å². The normalized spacial score (nSPS) is 9.85. The first-order valence-electron chi connectivity index (χ1n) is 8.15. The maximum atomic E-state index is 11.5. The summed E-state index contributed by atoms with van der Waals surface area (Å²) in [6.45, 7) is 4.42. The first kappa shape index (κ1) is 23.7. The summed E-state index contributed by atoms with van der Waals surface area (Å²) in [5, 5.41) is 11.9. The van der Waals surface area contributed by atoms with E-state index in [0.29, 0.717) is 79.0 Å². The molecule has 0 aliphatic heterocycles. The molecule has 0 aromatic rings. The van der Waals surface area contributed by atoms with Gasteiger partial charge in [-0.2, -0.15) is 0 Å². The van der Waals surface area contributed by atoms with Crippen LogP contribution in [0.1, 0.15) is 0 Å². The van der Waals surface area contributed by atoms with Crippen LogP contribution in [0.15, 0.2) is 10.2 Å². The monoisotopic (exact) mass is 374 g/mol. The van der Waals surface area contributed by atoms with Crippen LogP contribution in [0.25, 0.3) is 20.9 Å². The minimum absolute atomic E-state index is 0.298. The van der Waals surface area contributed by atoms with Gasteiger partial charge in [0.15, 0.2) is 0 Å². The highest BCUT2D eigenvalue weighted by Crippen LogP contribution is 1.81. The molecule has 0 aliphatic carbocycles. The number of amides is 2. The lowest BCUT2D eigenvalue weighted by molar-refractivity contribution is 0.0512. The van der Waals surface area contributed by atoms with Gasteiger partial charge >= 0.3 is 6.03 Å². The molecular formula is C13H26N8O5. The Morgan fingerprint density at radius 3 is 1.46 bits per heavy atom. The number of carbonyl (C=O) groups is 1. The fraction of sp³-hybridized carbons (Fsp3) is 0.923. The molecule has 13 nitrogen and oxygen atoms in total. The van der Waals surface area contributed by atoms with Crippen molar-refractivity contribution >= 4 is 6.03 Å². The number of hydrogen-bond acceptors (Lipinski definition) is 7. The highest BCUT2D eigenvalue weighted by atomic mass is 16.5. The van der Waals surface area contributed by atoms with Crippen LogP contribution in [-0.4, -0.2) is 85.1 Å². The molecule has 0 unspecified atom stereocenters. The number of ether oxygens (including phenoxy) is 4. The van der Waals surface area contributed by atoms with E-state index in [-0.39, 0.29) is 6.03 Å². The molecule has 0 rings (SSSR count). The van der Waals surface area contributed by atoms with Crippen molar-refractivity contribution in [3.8, 4) is 0 Å². The third kappa shape index (κ3) is 19.8. The van der Waals surface area contributed by atoms with Gasteiger partial charge in [0.05, 0.1) is 52.9 Å². The van der Waals surface area contributed by atoms with Crippen molar-refractivity contribution in [2.75, 3.05) is 79.0 Å². The fourth-order valence-electron chi connectivity index (χ4n) is 1.48. The highest BCUT2D eigenvalue weighted by molar-refractivity contribution is 5.73. The maximum Gasteiger partial charge on any atom is 0.314 e. The molecule has 2 amide bonds. The number of nitrogens with zero attached hydrogens (tertiary/aromatic N) is 6. The van der Waals surface area contributed by atoms with Gasteiger partial charge in [-0.25, -0.2) is 4.79 Å². The van der Waals surface area contributed by atoms with Crippen LogP contribution in [0.3, 0.4) is 0 Å². The minimum Gasteiger partial charge on any atom is -0.379 e. The predicted molar refractivity (Wildman–Crippen MR) is 92.7 cm³/mol. The van der Waals surface area contributed by atoms with Crippen LogP contribution in [-0.2, 0) is 18.9 Å². The number of hydrogen-bond donors (Lipinski definition) is 2. The van der Waals surface area contributed by atoms with Gasteiger partial charge in [-0.3, -0.25) is 0 Å². The molecule has 0 radical (unpaired) electrons. The average molecular weight is 374 g/mol. The molecule has 148 valence electrons. The first-order chi connectivity index (χ1) is 12.8. The van der Waals surface area contributed by atoms with Crippen LogP contribution in [0.4, 0.5) is 4.79 Å². The molecule has 0 spiro atoms. The van der Waals surface area contributed by atoms with Gasteiger partial charge in [0.2, 0.25) is 0 Å². The van der Waals surface area contributed by atoms with Crippen LogP contribution < -0.4 is 10.6 Å². The third-order valence-electron chi connectivity index (χ3n) is 2.61. The van der Waals surface area contributed by atoms with Gasteiger partial charge in [-0.15, -0.1) is 0 Å². The zero-order valence-electron chi connectivity index (χ0n) is 14.7. The molecule has 2 N–H and O–H groups in total. The van der Waals surface area contributed by atoms with Gasteiger partial charge in [-0.1, -0.05) is 10.2 Å². The van der Waals surface area contributed by atoms with Crippen molar-refractivity contribution in [3.63, 3.8) is 0 Å². The number of carbonyl (C=O) groups excluding carboxylic acids is 1. The maximum absolute atomic E-state index is 11.5. The Hall–Kier alpha value is -2.27. The Labute approximate surface area is 151 Å². The highest BCUT2D eigenvalue weighted by Gasteiger charge is 1.98. The lowest BCUT2D eigenvalue weighted by Crippen LogP contribution is -2.39. The fourth-order valence-corrected chi connectivity index (χ4v) is 1.48. The first-order valence-corrected chi connectivity index (χ1v) is 8.15. The van der Waals surface area contributed by atoms with Crippen molar-refractivity contribution in [1.29, 1.82) is 0 Å². The molecule has 0 saturated carbocycles. The quantitative estimate of drug-likeness (QED) is 0.157. The van der Waals surface area contributed by atoms with Crippen molar-refractivity contribution < 1.29 is 23.7 Å². The van der Waals surface area contributed by atoms with E-state index >= 15 is 0 Å². The Bertz CT molecular complexity index is 402. The summed E-state index contributed by atoms with van der Waals surface area (Å²) in [4.78, 5) is 16.7. The molecule has 0 saturated heterocycles.